The highest BCUT2D eigenvalue weighted by molar-refractivity contribution is 5.99. The molecule has 0 unspecified atom stereocenters. The third kappa shape index (κ3) is 2.71. The van der Waals surface area contributed by atoms with Gasteiger partial charge in [0.15, 0.2) is 0 Å². The van der Waals surface area contributed by atoms with Crippen LogP contribution in [0.5, 0.6) is 0 Å². The molecule has 0 aliphatic carbocycles. The lowest BCUT2D eigenvalue weighted by Gasteiger charge is -2.05. The average Bonchev–Trinajstić information content (AvgIpc) is 3.14. The smallest absolute Gasteiger partial charge is 0.255 e. The summed E-state index contributed by atoms with van der Waals surface area (Å²) in [5, 5.41) is 16.5. The number of aromatic amines is 1. The second-order valence-electron chi connectivity index (χ2n) is 4.54. The van der Waals surface area contributed by atoms with Crippen molar-refractivity contribution in [2.45, 2.75) is 13.5 Å². The lowest BCUT2D eigenvalue weighted by atomic mass is 10.1. The van der Waals surface area contributed by atoms with E-state index in [0.717, 1.165) is 0 Å². The predicted molar refractivity (Wildman–Crippen MR) is 74.2 cm³/mol. The summed E-state index contributed by atoms with van der Waals surface area (Å²) in [5.41, 5.74) is 0.831. The Morgan fingerprint density at radius 1 is 1.36 bits per heavy atom. The minimum atomic E-state index is -0.437. The van der Waals surface area contributed by atoms with Crippen LogP contribution in [0.25, 0.3) is 11.3 Å². The quantitative estimate of drug-likeness (QED) is 0.766. The van der Waals surface area contributed by atoms with Crippen LogP contribution in [0.1, 0.15) is 22.1 Å². The van der Waals surface area contributed by atoms with Crippen molar-refractivity contribution in [2.75, 3.05) is 0 Å². The molecule has 2 aromatic heterocycles. The van der Waals surface area contributed by atoms with Crippen LogP contribution in [0.3, 0.4) is 0 Å². The van der Waals surface area contributed by atoms with Gasteiger partial charge in [-0.05, 0) is 12.1 Å². The van der Waals surface area contributed by atoms with Gasteiger partial charge in [-0.2, -0.15) is 5.10 Å². The molecule has 0 aliphatic heterocycles. The summed E-state index contributed by atoms with van der Waals surface area (Å²) < 4.78 is 19.0. The summed E-state index contributed by atoms with van der Waals surface area (Å²) in [5.74, 6) is -0.141. The number of nitrogens with one attached hydrogen (secondary N) is 2. The van der Waals surface area contributed by atoms with Crippen molar-refractivity contribution < 1.29 is 13.6 Å². The molecule has 0 saturated carbocycles. The zero-order chi connectivity index (χ0) is 15.5. The van der Waals surface area contributed by atoms with Gasteiger partial charge >= 0.3 is 0 Å². The SMILES string of the molecule is Cc1nnc(CNC(=O)c2cn[nH]c2-c2ccccc2F)o1. The molecule has 8 heteroatoms. The number of halogens is 1. The van der Waals surface area contributed by atoms with Crippen molar-refractivity contribution in [1.29, 1.82) is 0 Å². The maximum absolute atomic E-state index is 13.8. The molecule has 7 nitrogen and oxygen atoms in total. The van der Waals surface area contributed by atoms with Crippen LogP contribution >= 0.6 is 0 Å². The Balaban J connectivity index is 1.79. The highest BCUT2D eigenvalue weighted by Crippen LogP contribution is 2.23. The first kappa shape index (κ1) is 13.9. The molecule has 112 valence electrons. The van der Waals surface area contributed by atoms with E-state index in [1.54, 1.807) is 25.1 Å². The molecular formula is C14H12FN5O2. The summed E-state index contributed by atoms with van der Waals surface area (Å²) in [4.78, 5) is 12.2. The van der Waals surface area contributed by atoms with Crippen molar-refractivity contribution in [3.63, 3.8) is 0 Å². The first-order valence-corrected chi connectivity index (χ1v) is 6.50. The monoisotopic (exact) mass is 301 g/mol. The Hall–Kier alpha value is -3.03. The van der Waals surface area contributed by atoms with Gasteiger partial charge < -0.3 is 9.73 Å². The van der Waals surface area contributed by atoms with Gasteiger partial charge in [-0.1, -0.05) is 12.1 Å². The number of benzene rings is 1. The van der Waals surface area contributed by atoms with Crippen LogP contribution in [0, 0.1) is 12.7 Å². The van der Waals surface area contributed by atoms with Crippen LogP contribution in [0.15, 0.2) is 34.9 Å². The number of H-pyrrole nitrogens is 1. The highest BCUT2D eigenvalue weighted by Gasteiger charge is 2.18. The number of nitrogens with zero attached hydrogens (tertiary/aromatic N) is 3. The first-order chi connectivity index (χ1) is 10.6. The van der Waals surface area contributed by atoms with E-state index in [-0.39, 0.29) is 17.7 Å². The maximum Gasteiger partial charge on any atom is 0.255 e. The van der Waals surface area contributed by atoms with Gasteiger partial charge in [0.2, 0.25) is 11.8 Å². The molecule has 0 aliphatic rings. The minimum Gasteiger partial charge on any atom is -0.424 e. The number of hydrogen-bond acceptors (Lipinski definition) is 5. The summed E-state index contributed by atoms with van der Waals surface area (Å²) in [6, 6.07) is 6.15. The predicted octanol–water partition coefficient (Wildman–Crippen LogP) is 1.84. The topological polar surface area (TPSA) is 96.7 Å². The second-order valence-corrected chi connectivity index (χ2v) is 4.54. The fraction of sp³-hybridized carbons (Fsp3) is 0.143. The number of aromatic nitrogens is 4. The number of carbonyl (C=O) groups is 1. The van der Waals surface area contributed by atoms with Crippen molar-refractivity contribution in [3.05, 3.63) is 53.6 Å². The Labute approximate surface area is 124 Å². The van der Waals surface area contributed by atoms with E-state index in [2.05, 4.69) is 25.7 Å². The molecular weight excluding hydrogens is 289 g/mol. The van der Waals surface area contributed by atoms with Crippen molar-refractivity contribution in [2.24, 2.45) is 0 Å². The van der Waals surface area contributed by atoms with E-state index in [4.69, 9.17) is 4.42 Å². The van der Waals surface area contributed by atoms with E-state index in [1.165, 1.54) is 12.3 Å². The van der Waals surface area contributed by atoms with Crippen LogP contribution < -0.4 is 5.32 Å². The minimum absolute atomic E-state index is 0.0849. The summed E-state index contributed by atoms with van der Waals surface area (Å²) in [6.45, 7) is 1.74. The fourth-order valence-corrected chi connectivity index (χ4v) is 1.99. The first-order valence-electron chi connectivity index (χ1n) is 6.50. The van der Waals surface area contributed by atoms with Gasteiger partial charge in [-0.3, -0.25) is 9.89 Å². The molecule has 0 fully saturated rings. The van der Waals surface area contributed by atoms with Gasteiger partial charge in [0.1, 0.15) is 5.82 Å². The molecule has 0 atom stereocenters. The van der Waals surface area contributed by atoms with Crippen LogP contribution in [-0.2, 0) is 6.54 Å². The zero-order valence-corrected chi connectivity index (χ0v) is 11.6. The van der Waals surface area contributed by atoms with Crippen LogP contribution in [-0.4, -0.2) is 26.3 Å². The third-order valence-corrected chi connectivity index (χ3v) is 3.00. The third-order valence-electron chi connectivity index (χ3n) is 3.00. The van der Waals surface area contributed by atoms with Gasteiger partial charge in [0.25, 0.3) is 5.91 Å². The molecule has 0 saturated heterocycles. The van der Waals surface area contributed by atoms with E-state index in [1.807, 2.05) is 0 Å². The average molecular weight is 301 g/mol. The Morgan fingerprint density at radius 2 is 2.18 bits per heavy atom. The van der Waals surface area contributed by atoms with Crippen molar-refractivity contribution >= 4 is 5.91 Å². The molecule has 1 aromatic carbocycles. The molecule has 22 heavy (non-hydrogen) atoms. The van der Waals surface area contributed by atoms with Gasteiger partial charge in [0, 0.05) is 12.5 Å². The second kappa shape index (κ2) is 5.76. The number of carbonyl (C=O) groups excluding carboxylic acids is 1. The number of amides is 1. The molecule has 0 radical (unpaired) electrons. The summed E-state index contributed by atoms with van der Waals surface area (Å²) in [7, 11) is 0. The van der Waals surface area contributed by atoms with E-state index >= 15 is 0 Å². The van der Waals surface area contributed by atoms with E-state index in [9.17, 15) is 9.18 Å². The lowest BCUT2D eigenvalue weighted by molar-refractivity contribution is 0.0948. The van der Waals surface area contributed by atoms with Crippen LogP contribution in [0.4, 0.5) is 4.39 Å². The molecule has 0 bridgehead atoms. The van der Waals surface area contributed by atoms with Crippen LogP contribution in [0.2, 0.25) is 0 Å². The lowest BCUT2D eigenvalue weighted by Crippen LogP contribution is -2.23. The molecule has 2 heterocycles. The number of rotatable bonds is 4. The fourth-order valence-electron chi connectivity index (χ4n) is 1.99. The maximum atomic E-state index is 13.8. The molecule has 3 aromatic rings. The molecule has 3 rings (SSSR count). The Bertz CT molecular complexity index is 811. The Kier molecular flexibility index (Phi) is 3.65. The van der Waals surface area contributed by atoms with E-state index in [0.29, 0.717) is 17.5 Å². The highest BCUT2D eigenvalue weighted by atomic mass is 19.1. The summed E-state index contributed by atoms with van der Waals surface area (Å²) in [6.07, 6.45) is 1.34. The normalized spacial score (nSPS) is 10.6. The largest absolute Gasteiger partial charge is 0.424 e. The van der Waals surface area contributed by atoms with Crippen molar-refractivity contribution in [3.8, 4) is 11.3 Å². The van der Waals surface area contributed by atoms with Crippen molar-refractivity contribution in [1.82, 2.24) is 25.7 Å². The van der Waals surface area contributed by atoms with Gasteiger partial charge in [-0.25, -0.2) is 4.39 Å². The van der Waals surface area contributed by atoms with E-state index < -0.39 is 11.7 Å². The zero-order valence-electron chi connectivity index (χ0n) is 11.6. The molecule has 0 spiro atoms. The van der Waals surface area contributed by atoms with Gasteiger partial charge in [-0.15, -0.1) is 10.2 Å². The summed E-state index contributed by atoms with van der Waals surface area (Å²) >= 11 is 0. The number of aryl methyl sites for hydroxylation is 1. The Morgan fingerprint density at radius 3 is 2.91 bits per heavy atom. The molecule has 2 N–H and O–H groups in total. The standard InChI is InChI=1S/C14H12FN5O2/c1-8-18-19-12(22-8)7-16-14(21)10-6-17-20-13(10)9-4-2-3-5-11(9)15/h2-6H,7H2,1H3,(H,16,21)(H,17,20). The van der Waals surface area contributed by atoms with Gasteiger partial charge in [0.05, 0.1) is 24.0 Å². The number of hydrogen-bond donors (Lipinski definition) is 2. The molecule has 1 amide bonds.